The molecule has 3 rings (SSSR count). The van der Waals surface area contributed by atoms with E-state index in [9.17, 15) is 0 Å². The van der Waals surface area contributed by atoms with Crippen LogP contribution in [0.25, 0.3) is 0 Å². The van der Waals surface area contributed by atoms with Crippen molar-refractivity contribution in [2.24, 2.45) is 0 Å². The highest BCUT2D eigenvalue weighted by molar-refractivity contribution is 6.75. The minimum Gasteiger partial charge on any atom is -0.438 e. The lowest BCUT2D eigenvalue weighted by Gasteiger charge is -2.25. The zero-order valence-electron chi connectivity index (χ0n) is 17.8. The van der Waals surface area contributed by atoms with E-state index < -0.39 is 27.4 Å². The van der Waals surface area contributed by atoms with Gasteiger partial charge in [0.25, 0.3) is 0 Å². The standard InChI is InChI=1S/C20H36O6Si3/c1-27(12-6-10-21-14-18-16-23-18)25-29(20-8-4-3-5-9-20)26-28(2)13-7-11-22-15-19-17-24-19/h3-5,8-9,18-19,27-29H,6-7,10-17H2,1-2H3. The van der Waals surface area contributed by atoms with Crippen molar-refractivity contribution in [3.8, 4) is 0 Å². The highest BCUT2D eigenvalue weighted by atomic mass is 28.4. The van der Waals surface area contributed by atoms with Gasteiger partial charge < -0.3 is 27.2 Å². The monoisotopic (exact) mass is 456 g/mol. The van der Waals surface area contributed by atoms with Crippen molar-refractivity contribution in [3.63, 3.8) is 0 Å². The molecule has 0 aliphatic carbocycles. The Morgan fingerprint density at radius 2 is 1.31 bits per heavy atom. The zero-order chi connectivity index (χ0) is 20.3. The summed E-state index contributed by atoms with van der Waals surface area (Å²) < 4.78 is 34.8. The molecule has 1 aromatic carbocycles. The van der Waals surface area contributed by atoms with E-state index in [4.69, 9.17) is 27.2 Å². The SMILES string of the molecule is C[SiH](CCCOCC1CO1)O[SiH](O[SiH](C)CCCOCC1CO1)c1ccccc1. The molecule has 29 heavy (non-hydrogen) atoms. The lowest BCUT2D eigenvalue weighted by molar-refractivity contribution is 0.116. The smallest absolute Gasteiger partial charge is 0.334 e. The van der Waals surface area contributed by atoms with Gasteiger partial charge in [0.1, 0.15) is 12.2 Å². The van der Waals surface area contributed by atoms with Gasteiger partial charge in [-0.1, -0.05) is 30.3 Å². The molecule has 2 aliphatic heterocycles. The fourth-order valence-electron chi connectivity index (χ4n) is 3.06. The summed E-state index contributed by atoms with van der Waals surface area (Å²) in [7, 11) is -4.38. The number of ether oxygens (including phenoxy) is 4. The van der Waals surface area contributed by atoms with Crippen LogP contribution in [0, 0.1) is 0 Å². The molecule has 0 N–H and O–H groups in total. The normalized spacial score (nSPS) is 23.5. The molecule has 0 amide bonds. The molecule has 0 saturated carbocycles. The second kappa shape index (κ2) is 13.1. The fraction of sp³-hybridized carbons (Fsp3) is 0.700. The molecule has 6 nitrogen and oxygen atoms in total. The Morgan fingerprint density at radius 1 is 0.828 bits per heavy atom. The van der Waals surface area contributed by atoms with Gasteiger partial charge in [0.05, 0.1) is 26.4 Å². The summed E-state index contributed by atoms with van der Waals surface area (Å²) in [6.07, 6.45) is 2.82. The summed E-state index contributed by atoms with van der Waals surface area (Å²) in [6, 6.07) is 12.8. The third-order valence-corrected chi connectivity index (χ3v) is 14.1. The van der Waals surface area contributed by atoms with Gasteiger partial charge in [-0.15, -0.1) is 0 Å². The average Bonchev–Trinajstić information content (AvgIpc) is 3.63. The van der Waals surface area contributed by atoms with Crippen molar-refractivity contribution in [1.82, 2.24) is 0 Å². The van der Waals surface area contributed by atoms with E-state index in [1.807, 2.05) is 0 Å². The Balaban J connectivity index is 1.35. The van der Waals surface area contributed by atoms with E-state index in [2.05, 4.69) is 43.4 Å². The van der Waals surface area contributed by atoms with Gasteiger partial charge in [0.2, 0.25) is 0 Å². The predicted molar refractivity (Wildman–Crippen MR) is 121 cm³/mol. The van der Waals surface area contributed by atoms with E-state index in [0.29, 0.717) is 12.2 Å². The lowest BCUT2D eigenvalue weighted by atomic mass is 10.4. The highest BCUT2D eigenvalue weighted by Gasteiger charge is 2.24. The molecule has 0 radical (unpaired) electrons. The van der Waals surface area contributed by atoms with E-state index in [1.165, 1.54) is 5.19 Å². The van der Waals surface area contributed by atoms with E-state index in [0.717, 1.165) is 64.6 Å². The van der Waals surface area contributed by atoms with Crippen LogP contribution in [0.4, 0.5) is 0 Å². The first kappa shape index (κ1) is 23.3. The minimum atomic E-state index is -1.84. The third kappa shape index (κ3) is 10.5. The maximum atomic E-state index is 6.58. The highest BCUT2D eigenvalue weighted by Crippen LogP contribution is 2.11. The van der Waals surface area contributed by atoms with Crippen LogP contribution in [-0.2, 0) is 27.2 Å². The van der Waals surface area contributed by atoms with Crippen LogP contribution in [-0.4, -0.2) is 79.2 Å². The molecule has 9 heteroatoms. The molecule has 2 heterocycles. The van der Waals surface area contributed by atoms with Gasteiger partial charge >= 0.3 is 9.28 Å². The number of rotatable bonds is 17. The fourth-order valence-corrected chi connectivity index (χ4v) is 11.6. The number of epoxide rings is 2. The van der Waals surface area contributed by atoms with Gasteiger partial charge in [0.15, 0.2) is 18.1 Å². The summed E-state index contributed by atoms with van der Waals surface area (Å²) in [5.74, 6) is 0. The lowest BCUT2D eigenvalue weighted by Crippen LogP contribution is -2.44. The molecular weight excluding hydrogens is 420 g/mol. The Hall–Kier alpha value is -0.369. The van der Waals surface area contributed by atoms with Gasteiger partial charge in [-0.25, -0.2) is 0 Å². The summed E-state index contributed by atoms with van der Waals surface area (Å²) in [4.78, 5) is 0. The van der Waals surface area contributed by atoms with Crippen molar-refractivity contribution >= 4 is 32.6 Å². The Bertz CT molecular complexity index is 528. The van der Waals surface area contributed by atoms with Gasteiger partial charge in [0, 0.05) is 13.2 Å². The summed E-state index contributed by atoms with van der Waals surface area (Å²) >= 11 is 0. The molecule has 0 spiro atoms. The quantitative estimate of drug-likeness (QED) is 0.201. The maximum absolute atomic E-state index is 6.58. The molecule has 2 fully saturated rings. The van der Waals surface area contributed by atoms with E-state index in [1.54, 1.807) is 0 Å². The summed E-state index contributed by atoms with van der Waals surface area (Å²) in [5, 5.41) is 1.26. The Labute approximate surface area is 180 Å². The van der Waals surface area contributed by atoms with Crippen LogP contribution in [0.1, 0.15) is 12.8 Å². The summed E-state index contributed by atoms with van der Waals surface area (Å²) in [6.45, 7) is 9.38. The largest absolute Gasteiger partial charge is 0.438 e. The van der Waals surface area contributed by atoms with Crippen molar-refractivity contribution in [2.75, 3.05) is 39.6 Å². The number of hydrogen-bond acceptors (Lipinski definition) is 6. The zero-order valence-corrected chi connectivity index (χ0v) is 21.3. The van der Waals surface area contributed by atoms with Crippen LogP contribution < -0.4 is 5.19 Å². The first-order valence-corrected chi connectivity index (χ1v) is 17.4. The molecule has 1 aromatic rings. The summed E-state index contributed by atoms with van der Waals surface area (Å²) in [5.41, 5.74) is 0. The van der Waals surface area contributed by atoms with Gasteiger partial charge in [-0.3, -0.25) is 0 Å². The molecule has 0 bridgehead atoms. The molecule has 2 aliphatic rings. The van der Waals surface area contributed by atoms with Crippen molar-refractivity contribution in [2.45, 2.75) is 50.2 Å². The average molecular weight is 457 g/mol. The molecule has 0 aromatic heterocycles. The van der Waals surface area contributed by atoms with Gasteiger partial charge in [-0.05, 0) is 43.2 Å². The van der Waals surface area contributed by atoms with E-state index in [-0.39, 0.29) is 0 Å². The topological polar surface area (TPSA) is 62.0 Å². The van der Waals surface area contributed by atoms with Crippen molar-refractivity contribution in [1.29, 1.82) is 0 Å². The minimum absolute atomic E-state index is 0.350. The first-order chi connectivity index (χ1) is 14.2. The predicted octanol–water partition coefficient (Wildman–Crippen LogP) is 1.47. The van der Waals surface area contributed by atoms with Crippen molar-refractivity contribution < 1.29 is 27.2 Å². The van der Waals surface area contributed by atoms with E-state index >= 15 is 0 Å². The molecule has 4 atom stereocenters. The number of hydrogen-bond donors (Lipinski definition) is 0. The van der Waals surface area contributed by atoms with Crippen LogP contribution in [0.5, 0.6) is 0 Å². The Kier molecular flexibility index (Phi) is 10.5. The molecule has 164 valence electrons. The molecular formula is C20H36O6Si3. The van der Waals surface area contributed by atoms with Crippen LogP contribution >= 0.6 is 0 Å². The van der Waals surface area contributed by atoms with Crippen LogP contribution in [0.15, 0.2) is 30.3 Å². The number of benzene rings is 1. The second-order valence-electron chi connectivity index (χ2n) is 7.98. The first-order valence-electron chi connectivity index (χ1n) is 10.9. The second-order valence-corrected chi connectivity index (χ2v) is 15.9. The third-order valence-electron chi connectivity index (χ3n) is 4.99. The van der Waals surface area contributed by atoms with Crippen LogP contribution in [0.3, 0.4) is 0 Å². The Morgan fingerprint density at radius 3 is 1.76 bits per heavy atom. The molecule has 2 saturated heterocycles. The van der Waals surface area contributed by atoms with Crippen LogP contribution in [0.2, 0.25) is 25.2 Å². The maximum Gasteiger partial charge on any atom is 0.334 e. The van der Waals surface area contributed by atoms with Gasteiger partial charge in [-0.2, -0.15) is 0 Å². The van der Waals surface area contributed by atoms with Crippen molar-refractivity contribution in [3.05, 3.63) is 30.3 Å². The molecule has 4 unspecified atom stereocenters.